The van der Waals surface area contributed by atoms with Gasteiger partial charge in [-0.3, -0.25) is 9.79 Å². The fraction of sp³-hybridized carbons (Fsp3) is 0.235. The van der Waals surface area contributed by atoms with Crippen LogP contribution < -0.4 is 11.1 Å². The summed E-state index contributed by atoms with van der Waals surface area (Å²) in [6.45, 7) is -1.10. The molecule has 1 aromatic carbocycles. The number of pyridine rings is 1. The highest BCUT2D eigenvalue weighted by molar-refractivity contribution is 6.29. The van der Waals surface area contributed by atoms with Crippen LogP contribution in [0.3, 0.4) is 0 Å². The van der Waals surface area contributed by atoms with Gasteiger partial charge in [0.1, 0.15) is 41.3 Å². The molecule has 3 rings (SSSR count). The van der Waals surface area contributed by atoms with Crippen molar-refractivity contribution in [2.24, 2.45) is 10.7 Å². The van der Waals surface area contributed by atoms with Crippen LogP contribution in [0.2, 0.25) is 5.15 Å². The monoisotopic (exact) mass is 380 g/mol. The number of nitrogens with one attached hydrogen (secondary N) is 1. The first-order valence-electron chi connectivity index (χ1n) is 7.65. The molecule has 0 fully saturated rings. The largest absolute Gasteiger partial charge is 0.385 e. The quantitative estimate of drug-likeness (QED) is 0.798. The third-order valence-corrected chi connectivity index (χ3v) is 4.05. The van der Waals surface area contributed by atoms with Crippen molar-refractivity contribution < 1.29 is 18.3 Å². The number of nitrogens with two attached hydrogens (primary N) is 1. The Morgan fingerprint density at radius 3 is 2.88 bits per heavy atom. The maximum atomic E-state index is 14.4. The Kier molecular flexibility index (Phi) is 5.15. The average Bonchev–Trinajstić information content (AvgIpc) is 2.63. The topological polar surface area (TPSA) is 89.6 Å². The number of aromatic nitrogens is 1. The van der Waals surface area contributed by atoms with Crippen molar-refractivity contribution >= 4 is 29.0 Å². The number of anilines is 1. The van der Waals surface area contributed by atoms with Gasteiger partial charge in [0, 0.05) is 11.3 Å². The Bertz CT molecular complexity index is 878. The number of rotatable bonds is 4. The van der Waals surface area contributed by atoms with Crippen LogP contribution in [0.4, 0.5) is 14.5 Å². The second kappa shape index (κ2) is 7.35. The van der Waals surface area contributed by atoms with Gasteiger partial charge in [-0.15, -0.1) is 0 Å². The van der Waals surface area contributed by atoms with E-state index in [1.807, 2.05) is 0 Å². The van der Waals surface area contributed by atoms with Crippen LogP contribution in [-0.4, -0.2) is 36.6 Å². The molecule has 136 valence electrons. The number of carbonyl (C=O) groups is 1. The van der Waals surface area contributed by atoms with Crippen molar-refractivity contribution in [3.63, 3.8) is 0 Å². The van der Waals surface area contributed by atoms with Crippen LogP contribution in [0.15, 0.2) is 41.4 Å². The van der Waals surface area contributed by atoms with E-state index in [0.29, 0.717) is 0 Å². The van der Waals surface area contributed by atoms with Gasteiger partial charge < -0.3 is 15.8 Å². The van der Waals surface area contributed by atoms with E-state index in [2.05, 4.69) is 15.3 Å². The number of aliphatic imine (C=N–C) groups is 1. The fourth-order valence-electron chi connectivity index (χ4n) is 2.63. The molecule has 9 heteroatoms. The number of alkyl halides is 1. The van der Waals surface area contributed by atoms with Gasteiger partial charge in [0.2, 0.25) is 0 Å². The summed E-state index contributed by atoms with van der Waals surface area (Å²) < 4.78 is 33.3. The minimum atomic E-state index is -1.58. The van der Waals surface area contributed by atoms with E-state index in [1.54, 1.807) is 6.07 Å². The number of nitrogens with zero attached hydrogens (tertiary/aromatic N) is 2. The lowest BCUT2D eigenvalue weighted by Crippen LogP contribution is -2.42. The van der Waals surface area contributed by atoms with E-state index in [1.165, 1.54) is 24.3 Å². The number of benzene rings is 1. The normalized spacial score (nSPS) is 19.7. The fourth-order valence-corrected chi connectivity index (χ4v) is 2.80. The van der Waals surface area contributed by atoms with Crippen LogP contribution in [-0.2, 0) is 10.3 Å². The highest BCUT2D eigenvalue weighted by Crippen LogP contribution is 2.33. The van der Waals surface area contributed by atoms with Gasteiger partial charge >= 0.3 is 0 Å². The molecule has 0 saturated heterocycles. The zero-order chi connectivity index (χ0) is 18.7. The Morgan fingerprint density at radius 1 is 1.38 bits per heavy atom. The summed E-state index contributed by atoms with van der Waals surface area (Å²) in [5.74, 6) is -1.14. The first kappa shape index (κ1) is 18.2. The molecular weight excluding hydrogens is 366 g/mol. The predicted octanol–water partition coefficient (Wildman–Crippen LogP) is 2.68. The Labute approximate surface area is 153 Å². The third-order valence-electron chi connectivity index (χ3n) is 3.84. The van der Waals surface area contributed by atoms with Gasteiger partial charge in [0.15, 0.2) is 0 Å². The second-order valence-electron chi connectivity index (χ2n) is 5.76. The number of hydrogen-bond acceptors (Lipinski definition) is 5. The van der Waals surface area contributed by atoms with Crippen LogP contribution in [0.1, 0.15) is 16.1 Å². The van der Waals surface area contributed by atoms with Crippen molar-refractivity contribution in [2.45, 2.75) is 5.54 Å². The lowest BCUT2D eigenvalue weighted by Gasteiger charge is -2.31. The molecule has 0 bridgehead atoms. The smallest absolute Gasteiger partial charge is 0.274 e. The molecule has 1 amide bonds. The molecule has 1 aliphatic rings. The summed E-state index contributed by atoms with van der Waals surface area (Å²) in [5.41, 5.74) is 4.33. The zero-order valence-electron chi connectivity index (χ0n) is 13.5. The molecule has 0 saturated carbocycles. The van der Waals surface area contributed by atoms with Gasteiger partial charge in [0.25, 0.3) is 5.91 Å². The summed E-state index contributed by atoms with van der Waals surface area (Å²) in [4.78, 5) is 20.2. The number of ether oxygens (including phenoxy) is 1. The molecule has 6 nitrogen and oxygen atoms in total. The Hall–Kier alpha value is -2.58. The maximum Gasteiger partial charge on any atom is 0.274 e. The standard InChI is InChI=1S/C17H15ClF2N4O2/c18-14-3-1-2-13(23-14)16(25)22-10-4-5-12(20)11(6-10)17(8-19)9-26-7-15(21)24-17/h1-6H,7-9H2,(H2,21,24)(H,22,25)/t17-/m0/s1. The number of amides is 1. The van der Waals surface area contributed by atoms with E-state index in [4.69, 9.17) is 22.1 Å². The minimum absolute atomic E-state index is 0.0558. The lowest BCUT2D eigenvalue weighted by atomic mass is 9.91. The van der Waals surface area contributed by atoms with Crippen LogP contribution in [0, 0.1) is 5.82 Å². The second-order valence-corrected chi connectivity index (χ2v) is 6.14. The summed E-state index contributed by atoms with van der Waals surface area (Å²) in [6, 6.07) is 8.37. The van der Waals surface area contributed by atoms with Crippen molar-refractivity contribution in [3.8, 4) is 0 Å². The van der Waals surface area contributed by atoms with Gasteiger partial charge in [-0.1, -0.05) is 17.7 Å². The predicted molar refractivity (Wildman–Crippen MR) is 93.7 cm³/mol. The van der Waals surface area contributed by atoms with Crippen molar-refractivity contribution in [2.75, 3.05) is 25.2 Å². The minimum Gasteiger partial charge on any atom is -0.385 e. The van der Waals surface area contributed by atoms with E-state index < -0.39 is 23.9 Å². The summed E-state index contributed by atoms with van der Waals surface area (Å²) in [7, 11) is 0. The highest BCUT2D eigenvalue weighted by atomic mass is 35.5. The van der Waals surface area contributed by atoms with Gasteiger partial charge in [-0.25, -0.2) is 13.8 Å². The number of hydrogen-bond donors (Lipinski definition) is 2. The number of amidine groups is 1. The molecule has 1 atom stereocenters. The van der Waals surface area contributed by atoms with E-state index in [9.17, 15) is 13.6 Å². The van der Waals surface area contributed by atoms with Gasteiger partial charge in [-0.05, 0) is 30.3 Å². The van der Waals surface area contributed by atoms with Crippen molar-refractivity contribution in [1.82, 2.24) is 4.98 Å². The zero-order valence-corrected chi connectivity index (χ0v) is 14.3. The lowest BCUT2D eigenvalue weighted by molar-refractivity contribution is 0.0809. The van der Waals surface area contributed by atoms with Gasteiger partial charge in [0.05, 0.1) is 6.61 Å². The molecule has 2 aromatic rings. The van der Waals surface area contributed by atoms with E-state index in [-0.39, 0.29) is 41.1 Å². The Morgan fingerprint density at radius 2 is 2.19 bits per heavy atom. The van der Waals surface area contributed by atoms with E-state index >= 15 is 0 Å². The van der Waals surface area contributed by atoms with Crippen LogP contribution >= 0.6 is 11.6 Å². The van der Waals surface area contributed by atoms with E-state index in [0.717, 1.165) is 6.07 Å². The van der Waals surface area contributed by atoms with Gasteiger partial charge in [-0.2, -0.15) is 0 Å². The SMILES string of the molecule is NC1=N[C@](CF)(c2cc(NC(=O)c3cccc(Cl)n3)ccc2F)COC1. The first-order chi connectivity index (χ1) is 12.4. The summed E-state index contributed by atoms with van der Waals surface area (Å²) in [5, 5.41) is 2.74. The molecule has 3 N–H and O–H groups in total. The molecule has 2 heterocycles. The molecule has 0 radical (unpaired) electrons. The van der Waals surface area contributed by atoms with Crippen molar-refractivity contribution in [3.05, 3.63) is 58.6 Å². The molecule has 0 unspecified atom stereocenters. The van der Waals surface area contributed by atoms with Crippen LogP contribution in [0.5, 0.6) is 0 Å². The summed E-state index contributed by atoms with van der Waals surface area (Å²) in [6.07, 6.45) is 0. The molecule has 1 aromatic heterocycles. The molecular formula is C17H15ClF2N4O2. The third kappa shape index (κ3) is 3.66. The number of halogens is 3. The first-order valence-corrected chi connectivity index (χ1v) is 8.03. The van der Waals surface area contributed by atoms with Crippen LogP contribution in [0.25, 0.3) is 0 Å². The highest BCUT2D eigenvalue weighted by Gasteiger charge is 2.38. The summed E-state index contributed by atoms with van der Waals surface area (Å²) >= 11 is 5.77. The molecule has 0 aliphatic carbocycles. The molecule has 0 spiro atoms. The maximum absolute atomic E-state index is 14.4. The molecule has 1 aliphatic heterocycles. The average molecular weight is 381 g/mol. The number of carbonyl (C=O) groups excluding carboxylic acids is 1. The molecule has 26 heavy (non-hydrogen) atoms. The Balaban J connectivity index is 1.93. The van der Waals surface area contributed by atoms with Crippen molar-refractivity contribution in [1.29, 1.82) is 0 Å².